The number of ether oxygens (including phenoxy) is 1. The van der Waals surface area contributed by atoms with E-state index in [1.807, 2.05) is 0 Å². The molecule has 1 atom stereocenters. The topological polar surface area (TPSA) is 70.7 Å². The third-order valence-corrected chi connectivity index (χ3v) is 4.05. The Kier molecular flexibility index (Phi) is 7.29. The number of carbonyl (C=O) groups excluding carboxylic acids is 2. The SMILES string of the molecule is COCC(=O)Nc1ccc(NC(=O)C(c2ccc(F)cc2)N(C)C)cc1Cl. The fourth-order valence-corrected chi connectivity index (χ4v) is 2.78. The van der Waals surface area contributed by atoms with Crippen LogP contribution in [0.2, 0.25) is 5.02 Å². The van der Waals surface area contributed by atoms with E-state index < -0.39 is 6.04 Å². The summed E-state index contributed by atoms with van der Waals surface area (Å²) in [6.45, 7) is -0.0863. The van der Waals surface area contributed by atoms with Crippen LogP contribution in [-0.2, 0) is 14.3 Å². The van der Waals surface area contributed by atoms with E-state index in [1.165, 1.54) is 19.2 Å². The number of amides is 2. The summed E-state index contributed by atoms with van der Waals surface area (Å²) in [4.78, 5) is 26.0. The third kappa shape index (κ3) is 5.75. The minimum atomic E-state index is -0.606. The minimum Gasteiger partial charge on any atom is -0.375 e. The number of hydrogen-bond acceptors (Lipinski definition) is 4. The summed E-state index contributed by atoms with van der Waals surface area (Å²) in [7, 11) is 4.94. The van der Waals surface area contributed by atoms with Crippen LogP contribution in [0, 0.1) is 5.82 Å². The van der Waals surface area contributed by atoms with E-state index >= 15 is 0 Å². The van der Waals surface area contributed by atoms with Crippen LogP contribution in [0.4, 0.5) is 15.8 Å². The zero-order chi connectivity index (χ0) is 20.0. The van der Waals surface area contributed by atoms with Crippen molar-refractivity contribution in [3.63, 3.8) is 0 Å². The van der Waals surface area contributed by atoms with Crippen molar-refractivity contribution in [2.75, 3.05) is 38.4 Å². The Bertz CT molecular complexity index is 812. The minimum absolute atomic E-state index is 0.0863. The van der Waals surface area contributed by atoms with Crippen molar-refractivity contribution in [2.24, 2.45) is 0 Å². The zero-order valence-corrected chi connectivity index (χ0v) is 16.0. The Labute approximate surface area is 162 Å². The third-order valence-electron chi connectivity index (χ3n) is 3.74. The van der Waals surface area contributed by atoms with E-state index in [0.29, 0.717) is 16.9 Å². The predicted molar refractivity (Wildman–Crippen MR) is 103 cm³/mol. The van der Waals surface area contributed by atoms with Crippen LogP contribution in [0.25, 0.3) is 0 Å². The van der Waals surface area contributed by atoms with Gasteiger partial charge >= 0.3 is 0 Å². The van der Waals surface area contributed by atoms with Gasteiger partial charge in [-0.15, -0.1) is 0 Å². The van der Waals surface area contributed by atoms with Crippen molar-refractivity contribution in [2.45, 2.75) is 6.04 Å². The van der Waals surface area contributed by atoms with E-state index in [4.69, 9.17) is 16.3 Å². The highest BCUT2D eigenvalue weighted by atomic mass is 35.5. The molecule has 0 radical (unpaired) electrons. The Morgan fingerprint density at radius 3 is 2.37 bits per heavy atom. The van der Waals surface area contributed by atoms with Crippen LogP contribution in [0.15, 0.2) is 42.5 Å². The van der Waals surface area contributed by atoms with E-state index in [1.54, 1.807) is 49.3 Å². The second kappa shape index (κ2) is 9.45. The van der Waals surface area contributed by atoms with Crippen LogP contribution >= 0.6 is 11.6 Å². The van der Waals surface area contributed by atoms with Gasteiger partial charge in [-0.3, -0.25) is 14.5 Å². The fraction of sp³-hybridized carbons (Fsp3) is 0.263. The van der Waals surface area contributed by atoms with Gasteiger partial charge in [-0.2, -0.15) is 0 Å². The molecule has 0 fully saturated rings. The molecule has 8 heteroatoms. The Morgan fingerprint density at radius 1 is 1.15 bits per heavy atom. The number of halogens is 2. The van der Waals surface area contributed by atoms with Crippen LogP contribution in [0.1, 0.15) is 11.6 Å². The van der Waals surface area contributed by atoms with Gasteiger partial charge in [-0.05, 0) is 50.0 Å². The molecule has 0 saturated carbocycles. The monoisotopic (exact) mass is 393 g/mol. The van der Waals surface area contributed by atoms with Crippen molar-refractivity contribution in [3.05, 3.63) is 58.9 Å². The maximum atomic E-state index is 13.2. The van der Waals surface area contributed by atoms with Crippen molar-refractivity contribution in [1.82, 2.24) is 4.90 Å². The largest absolute Gasteiger partial charge is 0.375 e. The second-order valence-electron chi connectivity index (χ2n) is 6.08. The van der Waals surface area contributed by atoms with E-state index in [-0.39, 0.29) is 29.3 Å². The number of hydrogen-bond donors (Lipinski definition) is 2. The molecular weight excluding hydrogens is 373 g/mol. The molecule has 2 aromatic carbocycles. The highest BCUT2D eigenvalue weighted by molar-refractivity contribution is 6.34. The maximum Gasteiger partial charge on any atom is 0.250 e. The van der Waals surface area contributed by atoms with Gasteiger partial charge in [0, 0.05) is 12.8 Å². The summed E-state index contributed by atoms with van der Waals surface area (Å²) in [5.74, 6) is -0.992. The van der Waals surface area contributed by atoms with Gasteiger partial charge in [0.15, 0.2) is 0 Å². The first-order valence-corrected chi connectivity index (χ1v) is 8.50. The van der Waals surface area contributed by atoms with Gasteiger partial charge in [0.25, 0.3) is 0 Å². The van der Waals surface area contributed by atoms with E-state index in [0.717, 1.165) is 0 Å². The number of nitrogens with zero attached hydrogens (tertiary/aromatic N) is 1. The molecule has 2 N–H and O–H groups in total. The quantitative estimate of drug-likeness (QED) is 0.757. The molecule has 27 heavy (non-hydrogen) atoms. The summed E-state index contributed by atoms with van der Waals surface area (Å²) in [6.07, 6.45) is 0. The first kappa shape index (κ1) is 20.8. The molecule has 2 rings (SSSR count). The molecule has 6 nitrogen and oxygen atoms in total. The molecule has 0 aliphatic rings. The Morgan fingerprint density at radius 2 is 1.81 bits per heavy atom. The van der Waals surface area contributed by atoms with Crippen LogP contribution in [-0.4, -0.2) is 44.5 Å². The standard InChI is InChI=1S/C19H21ClFN3O3/c1-24(2)18(12-4-6-13(21)7-5-12)19(26)22-14-8-9-16(15(20)10-14)23-17(25)11-27-3/h4-10,18H,11H2,1-3H3,(H,22,26)(H,23,25). The molecule has 2 amide bonds. The molecule has 0 heterocycles. The van der Waals surface area contributed by atoms with Crippen LogP contribution in [0.5, 0.6) is 0 Å². The Balaban J connectivity index is 2.14. The molecular formula is C19H21ClFN3O3. The zero-order valence-electron chi connectivity index (χ0n) is 15.3. The molecule has 144 valence electrons. The predicted octanol–water partition coefficient (Wildman–Crippen LogP) is 3.31. The number of likely N-dealkylation sites (N-methyl/N-ethyl adjacent to an activating group) is 1. The van der Waals surface area contributed by atoms with Gasteiger partial charge in [0.1, 0.15) is 18.5 Å². The lowest BCUT2D eigenvalue weighted by Gasteiger charge is -2.24. The molecule has 0 bridgehead atoms. The molecule has 1 unspecified atom stereocenters. The lowest BCUT2D eigenvalue weighted by molar-refractivity contribution is -0.121. The normalized spacial score (nSPS) is 11.9. The first-order chi connectivity index (χ1) is 12.8. The van der Waals surface area contributed by atoms with E-state index in [9.17, 15) is 14.0 Å². The first-order valence-electron chi connectivity index (χ1n) is 8.13. The lowest BCUT2D eigenvalue weighted by Crippen LogP contribution is -2.32. The summed E-state index contributed by atoms with van der Waals surface area (Å²) in [5.41, 5.74) is 1.55. The number of rotatable bonds is 7. The average molecular weight is 394 g/mol. The molecule has 0 aliphatic carbocycles. The molecule has 0 aliphatic heterocycles. The number of anilines is 2. The molecule has 0 spiro atoms. The van der Waals surface area contributed by atoms with Crippen molar-refractivity contribution in [3.8, 4) is 0 Å². The maximum absolute atomic E-state index is 13.2. The summed E-state index contributed by atoms with van der Waals surface area (Å²) in [6, 6.07) is 9.92. The average Bonchev–Trinajstić information content (AvgIpc) is 2.59. The molecule has 0 aromatic heterocycles. The highest BCUT2D eigenvalue weighted by Crippen LogP contribution is 2.27. The summed E-state index contributed by atoms with van der Waals surface area (Å²) < 4.78 is 17.9. The van der Waals surface area contributed by atoms with Crippen molar-refractivity contribution < 1.29 is 18.7 Å². The fourth-order valence-electron chi connectivity index (χ4n) is 2.55. The number of nitrogens with one attached hydrogen (secondary N) is 2. The number of methoxy groups -OCH3 is 1. The van der Waals surface area contributed by atoms with Gasteiger partial charge in [0.2, 0.25) is 11.8 Å². The van der Waals surface area contributed by atoms with Crippen molar-refractivity contribution >= 4 is 34.8 Å². The van der Waals surface area contributed by atoms with Crippen LogP contribution < -0.4 is 10.6 Å². The smallest absolute Gasteiger partial charge is 0.250 e. The summed E-state index contributed by atoms with van der Waals surface area (Å²) in [5, 5.41) is 5.68. The highest BCUT2D eigenvalue weighted by Gasteiger charge is 2.23. The number of carbonyl (C=O) groups is 2. The van der Waals surface area contributed by atoms with Gasteiger partial charge < -0.3 is 15.4 Å². The van der Waals surface area contributed by atoms with Crippen LogP contribution in [0.3, 0.4) is 0 Å². The summed E-state index contributed by atoms with van der Waals surface area (Å²) >= 11 is 6.17. The molecule has 0 saturated heterocycles. The Hall–Kier alpha value is -2.48. The lowest BCUT2D eigenvalue weighted by atomic mass is 10.0. The number of benzene rings is 2. The second-order valence-corrected chi connectivity index (χ2v) is 6.49. The van der Waals surface area contributed by atoms with Gasteiger partial charge in [-0.1, -0.05) is 23.7 Å². The van der Waals surface area contributed by atoms with Crippen molar-refractivity contribution in [1.29, 1.82) is 0 Å². The van der Waals surface area contributed by atoms with E-state index in [2.05, 4.69) is 10.6 Å². The van der Waals surface area contributed by atoms with Gasteiger partial charge in [-0.25, -0.2) is 4.39 Å². The van der Waals surface area contributed by atoms with Gasteiger partial charge in [0.05, 0.1) is 10.7 Å². The molecule has 2 aromatic rings.